The maximum atomic E-state index is 12.2. The quantitative estimate of drug-likeness (QED) is 0.782. The van der Waals surface area contributed by atoms with E-state index in [0.29, 0.717) is 5.56 Å². The maximum absolute atomic E-state index is 12.2. The van der Waals surface area contributed by atoms with Gasteiger partial charge in [-0.25, -0.2) is 4.79 Å². The van der Waals surface area contributed by atoms with Gasteiger partial charge in [0.2, 0.25) is 5.95 Å². The number of hydrogen-bond acceptors (Lipinski definition) is 8. The first-order valence-corrected chi connectivity index (χ1v) is 6.70. The lowest BCUT2D eigenvalue weighted by atomic mass is 9.92. The van der Waals surface area contributed by atoms with Crippen molar-refractivity contribution in [2.45, 2.75) is 13.0 Å². The Morgan fingerprint density at radius 1 is 1.39 bits per heavy atom. The van der Waals surface area contributed by atoms with Crippen LogP contribution in [-0.2, 0) is 14.3 Å². The number of carbonyl (C=O) groups is 2. The molecule has 1 atom stereocenters. The largest absolute Gasteiger partial charge is 0.508 e. The molecule has 9 nitrogen and oxygen atoms in total. The number of Topliss-reactive ketones (excluding diaryl/α,β-unsaturated/α-hetero) is 1. The molecule has 3 rings (SSSR count). The van der Waals surface area contributed by atoms with E-state index in [1.54, 1.807) is 12.1 Å². The van der Waals surface area contributed by atoms with Crippen molar-refractivity contribution in [2.24, 2.45) is 0 Å². The fraction of sp³-hybridized carbons (Fsp3) is 0.214. The molecule has 0 spiro atoms. The van der Waals surface area contributed by atoms with Crippen molar-refractivity contribution in [3.8, 4) is 5.75 Å². The molecule has 9 heteroatoms. The summed E-state index contributed by atoms with van der Waals surface area (Å²) < 4.78 is 6.10. The number of carbonyl (C=O) groups excluding carboxylic acids is 2. The van der Waals surface area contributed by atoms with Gasteiger partial charge in [-0.05, 0) is 35.0 Å². The van der Waals surface area contributed by atoms with Gasteiger partial charge in [0.1, 0.15) is 17.5 Å². The lowest BCUT2D eigenvalue weighted by Crippen LogP contribution is -2.32. The maximum Gasteiger partial charge on any atom is 0.355 e. The number of methoxy groups -OCH3 is 1. The summed E-state index contributed by atoms with van der Waals surface area (Å²) >= 11 is 0. The second-order valence-corrected chi connectivity index (χ2v) is 4.91. The van der Waals surface area contributed by atoms with Crippen molar-refractivity contribution in [2.75, 3.05) is 12.4 Å². The molecule has 0 aliphatic carbocycles. The third kappa shape index (κ3) is 2.41. The number of nitrogens with zero attached hydrogens (tertiary/aromatic N) is 4. The summed E-state index contributed by atoms with van der Waals surface area (Å²) in [6.07, 6.45) is 0. The van der Waals surface area contributed by atoms with E-state index in [9.17, 15) is 14.7 Å². The van der Waals surface area contributed by atoms with Crippen LogP contribution in [-0.4, -0.2) is 44.2 Å². The number of phenols is 1. The van der Waals surface area contributed by atoms with Crippen LogP contribution in [0.5, 0.6) is 5.75 Å². The van der Waals surface area contributed by atoms with Crippen molar-refractivity contribution in [3.63, 3.8) is 0 Å². The zero-order valence-electron chi connectivity index (χ0n) is 12.3. The molecule has 0 fully saturated rings. The molecule has 23 heavy (non-hydrogen) atoms. The highest BCUT2D eigenvalue weighted by atomic mass is 16.5. The number of anilines is 1. The lowest BCUT2D eigenvalue weighted by molar-refractivity contribution is -0.136. The predicted molar refractivity (Wildman–Crippen MR) is 77.4 cm³/mol. The minimum atomic E-state index is -0.750. The zero-order chi connectivity index (χ0) is 16.6. The highest BCUT2D eigenvalue weighted by Crippen LogP contribution is 2.35. The number of aromatic nitrogens is 4. The van der Waals surface area contributed by atoms with Gasteiger partial charge in [0.15, 0.2) is 5.78 Å². The van der Waals surface area contributed by atoms with E-state index in [1.165, 1.54) is 30.8 Å². The highest BCUT2D eigenvalue weighted by Gasteiger charge is 2.36. The Morgan fingerprint density at radius 2 is 2.17 bits per heavy atom. The van der Waals surface area contributed by atoms with Gasteiger partial charge in [0, 0.05) is 0 Å². The number of hydrogen-bond donors (Lipinski definition) is 2. The number of fused-ring (bicyclic) bond motifs is 1. The van der Waals surface area contributed by atoms with Gasteiger partial charge in [-0.2, -0.15) is 4.68 Å². The second kappa shape index (κ2) is 5.52. The van der Waals surface area contributed by atoms with E-state index in [2.05, 4.69) is 20.8 Å². The van der Waals surface area contributed by atoms with Crippen molar-refractivity contribution in [1.29, 1.82) is 0 Å². The summed E-state index contributed by atoms with van der Waals surface area (Å²) in [4.78, 5) is 24.2. The van der Waals surface area contributed by atoms with Crippen LogP contribution in [0, 0.1) is 0 Å². The molecule has 118 valence electrons. The van der Waals surface area contributed by atoms with Gasteiger partial charge < -0.3 is 15.2 Å². The van der Waals surface area contributed by atoms with Crippen molar-refractivity contribution >= 4 is 17.7 Å². The van der Waals surface area contributed by atoms with E-state index in [1.807, 2.05) is 0 Å². The third-order valence-electron chi connectivity index (χ3n) is 3.47. The number of esters is 1. The molecular weight excluding hydrogens is 302 g/mol. The standard InChI is InChI=1S/C14H13N5O4/c1-7(20)10-11(13(22)23-2)15-14-16-17-18-19(14)12(10)8-4-3-5-9(21)6-8/h3-6,12,21H,1-2H3,(H,15,16,18)/t12-/m0/s1. The highest BCUT2D eigenvalue weighted by molar-refractivity contribution is 6.05. The van der Waals surface area contributed by atoms with Crippen LogP contribution < -0.4 is 5.32 Å². The SMILES string of the molecule is COC(=O)C1=C(C(C)=O)[C@H](c2cccc(O)c2)n2nnnc2N1. The average molecular weight is 315 g/mol. The molecule has 2 aromatic rings. The first kappa shape index (κ1) is 14.7. The number of phenolic OH excluding ortho intramolecular Hbond substituents is 1. The Hall–Kier alpha value is -3.23. The Balaban J connectivity index is 2.26. The number of benzene rings is 1. The van der Waals surface area contributed by atoms with Gasteiger partial charge in [-0.15, -0.1) is 0 Å². The number of ketones is 1. The van der Waals surface area contributed by atoms with Crippen LogP contribution in [0.3, 0.4) is 0 Å². The van der Waals surface area contributed by atoms with Gasteiger partial charge in [-0.1, -0.05) is 17.2 Å². The Labute approximate surface area is 130 Å². The van der Waals surface area contributed by atoms with E-state index in [-0.39, 0.29) is 28.8 Å². The topological polar surface area (TPSA) is 119 Å². The number of allylic oxidation sites excluding steroid dienone is 1. The third-order valence-corrected chi connectivity index (χ3v) is 3.47. The first-order chi connectivity index (χ1) is 11.0. The van der Waals surface area contributed by atoms with E-state index < -0.39 is 12.0 Å². The van der Waals surface area contributed by atoms with Crippen molar-refractivity contribution in [3.05, 3.63) is 41.1 Å². The number of ether oxygens (including phenoxy) is 1. The summed E-state index contributed by atoms with van der Waals surface area (Å²) in [5.41, 5.74) is 0.699. The minimum absolute atomic E-state index is 0.0179. The van der Waals surface area contributed by atoms with Crippen molar-refractivity contribution in [1.82, 2.24) is 20.2 Å². The monoisotopic (exact) mass is 315 g/mol. The molecule has 1 aliphatic rings. The summed E-state index contributed by atoms with van der Waals surface area (Å²) in [5, 5.41) is 23.7. The molecule has 1 aliphatic heterocycles. The summed E-state index contributed by atoms with van der Waals surface area (Å²) in [5.74, 6) is -0.816. The van der Waals surface area contributed by atoms with E-state index in [0.717, 1.165) is 0 Å². The molecule has 2 N–H and O–H groups in total. The number of rotatable bonds is 3. The molecule has 1 aromatic carbocycles. The molecule has 0 radical (unpaired) electrons. The molecule has 0 saturated carbocycles. The number of tetrazole rings is 1. The van der Waals surface area contributed by atoms with Crippen LogP contribution in [0.4, 0.5) is 5.95 Å². The summed E-state index contributed by atoms with van der Waals surface area (Å²) in [6, 6.07) is 5.58. The summed E-state index contributed by atoms with van der Waals surface area (Å²) in [7, 11) is 1.22. The molecule has 1 aromatic heterocycles. The van der Waals surface area contributed by atoms with Crippen LogP contribution >= 0.6 is 0 Å². The van der Waals surface area contributed by atoms with Crippen molar-refractivity contribution < 1.29 is 19.4 Å². The van der Waals surface area contributed by atoms with Gasteiger partial charge >= 0.3 is 5.97 Å². The van der Waals surface area contributed by atoms with Crippen LogP contribution in [0.2, 0.25) is 0 Å². The van der Waals surface area contributed by atoms with E-state index in [4.69, 9.17) is 4.74 Å². The Kier molecular flexibility index (Phi) is 3.53. The number of aromatic hydroxyl groups is 1. The average Bonchev–Trinajstić information content (AvgIpc) is 3.00. The van der Waals surface area contributed by atoms with Crippen LogP contribution in [0.15, 0.2) is 35.5 Å². The molecule has 0 unspecified atom stereocenters. The smallest absolute Gasteiger partial charge is 0.355 e. The fourth-order valence-electron chi connectivity index (χ4n) is 2.52. The minimum Gasteiger partial charge on any atom is -0.508 e. The van der Waals surface area contributed by atoms with Crippen LogP contribution in [0.1, 0.15) is 18.5 Å². The van der Waals surface area contributed by atoms with Crippen LogP contribution in [0.25, 0.3) is 0 Å². The summed E-state index contributed by atoms with van der Waals surface area (Å²) in [6.45, 7) is 1.34. The predicted octanol–water partition coefficient (Wildman–Crippen LogP) is 0.410. The lowest BCUT2D eigenvalue weighted by Gasteiger charge is -2.27. The molecule has 0 saturated heterocycles. The van der Waals surface area contributed by atoms with E-state index >= 15 is 0 Å². The van der Waals surface area contributed by atoms with Gasteiger partial charge in [-0.3, -0.25) is 4.79 Å². The Morgan fingerprint density at radius 3 is 2.83 bits per heavy atom. The second-order valence-electron chi connectivity index (χ2n) is 4.91. The Bertz CT molecular complexity index is 826. The fourth-order valence-corrected chi connectivity index (χ4v) is 2.52. The molecule has 0 bridgehead atoms. The van der Waals surface area contributed by atoms with Gasteiger partial charge in [0.25, 0.3) is 0 Å². The normalized spacial score (nSPS) is 16.5. The van der Waals surface area contributed by atoms with Gasteiger partial charge in [0.05, 0.1) is 12.7 Å². The zero-order valence-corrected chi connectivity index (χ0v) is 12.3. The number of nitrogens with one attached hydrogen (secondary N) is 1. The molecule has 0 amide bonds. The first-order valence-electron chi connectivity index (χ1n) is 6.70. The molecule has 2 heterocycles. The molecular formula is C14H13N5O4.